The molecule has 1 aromatic rings. The predicted octanol–water partition coefficient (Wildman–Crippen LogP) is 2.86. The fourth-order valence-electron chi connectivity index (χ4n) is 3.12. The molecule has 1 heterocycles. The van der Waals surface area contributed by atoms with E-state index in [0.717, 1.165) is 24.8 Å². The number of carbonyl (C=O) groups excluding carboxylic acids is 1. The second kappa shape index (κ2) is 6.16. The first-order valence-electron chi connectivity index (χ1n) is 7.65. The molecule has 2 fully saturated rings. The van der Waals surface area contributed by atoms with Gasteiger partial charge in [-0.25, -0.2) is 0 Å². The molecule has 0 radical (unpaired) electrons. The van der Waals surface area contributed by atoms with E-state index in [1.807, 2.05) is 38.2 Å². The number of benzene rings is 1. The molecule has 0 amide bonds. The lowest BCUT2D eigenvalue weighted by molar-refractivity contribution is -0.208. The Morgan fingerprint density at radius 2 is 2.14 bits per heavy atom. The largest absolute Gasteiger partial charge is 0.465 e. The van der Waals surface area contributed by atoms with E-state index < -0.39 is 5.41 Å². The maximum absolute atomic E-state index is 12.4. The fourth-order valence-corrected chi connectivity index (χ4v) is 3.25. The molecule has 1 N–H and O–H groups in total. The highest BCUT2D eigenvalue weighted by atomic mass is 35.5. The summed E-state index contributed by atoms with van der Waals surface area (Å²) in [5.74, 6) is -0.163. The lowest BCUT2D eigenvalue weighted by Crippen LogP contribution is -2.53. The minimum absolute atomic E-state index is 0.103. The van der Waals surface area contributed by atoms with Crippen LogP contribution in [0.15, 0.2) is 24.3 Å². The number of ether oxygens (including phenoxy) is 1. The van der Waals surface area contributed by atoms with E-state index in [2.05, 4.69) is 5.32 Å². The van der Waals surface area contributed by atoms with Crippen LogP contribution >= 0.6 is 11.6 Å². The number of carbonyl (C=O) groups is 1. The summed E-state index contributed by atoms with van der Waals surface area (Å²) in [6.45, 7) is 2.22. The van der Waals surface area contributed by atoms with Gasteiger partial charge in [0.25, 0.3) is 0 Å². The first-order valence-corrected chi connectivity index (χ1v) is 8.03. The van der Waals surface area contributed by atoms with Crippen LogP contribution in [0.4, 0.5) is 0 Å². The third kappa shape index (κ3) is 2.63. The molecule has 6 heteroatoms. The summed E-state index contributed by atoms with van der Waals surface area (Å²) in [6, 6.07) is 7.62. The van der Waals surface area contributed by atoms with E-state index in [-0.39, 0.29) is 18.4 Å². The lowest BCUT2D eigenvalue weighted by atomic mass is 9.67. The number of nitrogens with one attached hydrogen (secondary N) is 1. The quantitative estimate of drug-likeness (QED) is 0.863. The van der Waals surface area contributed by atoms with Crippen LogP contribution in [0.5, 0.6) is 0 Å². The maximum Gasteiger partial charge on any atom is 0.316 e. The smallest absolute Gasteiger partial charge is 0.316 e. The van der Waals surface area contributed by atoms with Gasteiger partial charge in [0, 0.05) is 12.1 Å². The zero-order chi connectivity index (χ0) is 15.7. The molecular weight excluding hydrogens is 304 g/mol. The summed E-state index contributed by atoms with van der Waals surface area (Å²) in [6.07, 6.45) is 2.16. The number of hydrogen-bond acceptors (Lipinski definition) is 5. The summed E-state index contributed by atoms with van der Waals surface area (Å²) in [5.41, 5.74) is 0.485. The molecule has 1 saturated carbocycles. The molecule has 3 rings (SSSR count). The third-order valence-corrected chi connectivity index (χ3v) is 4.81. The predicted molar refractivity (Wildman–Crippen MR) is 82.9 cm³/mol. The molecule has 1 aliphatic heterocycles. The molecule has 120 valence electrons. The zero-order valence-corrected chi connectivity index (χ0v) is 13.6. The first kappa shape index (κ1) is 15.7. The minimum Gasteiger partial charge on any atom is -0.465 e. The number of hydroxylamine groups is 2. The van der Waals surface area contributed by atoms with E-state index in [1.54, 1.807) is 5.06 Å². The van der Waals surface area contributed by atoms with E-state index in [1.165, 1.54) is 0 Å². The Morgan fingerprint density at radius 3 is 2.68 bits per heavy atom. The van der Waals surface area contributed by atoms with Crippen LogP contribution in [0, 0.1) is 5.41 Å². The van der Waals surface area contributed by atoms with Crippen molar-refractivity contribution in [3.05, 3.63) is 34.9 Å². The highest BCUT2D eigenvalue weighted by Crippen LogP contribution is 2.48. The number of halogens is 1. The molecule has 22 heavy (non-hydrogen) atoms. The number of nitrogens with zero attached hydrogens (tertiary/aromatic N) is 1. The van der Waals surface area contributed by atoms with Gasteiger partial charge in [-0.05, 0) is 37.5 Å². The highest BCUT2D eigenvalue weighted by molar-refractivity contribution is 6.30. The van der Waals surface area contributed by atoms with Gasteiger partial charge in [-0.1, -0.05) is 30.2 Å². The monoisotopic (exact) mass is 324 g/mol. The first-order chi connectivity index (χ1) is 10.6. The molecule has 1 aliphatic carbocycles. The molecule has 0 aromatic heterocycles. The van der Waals surface area contributed by atoms with Gasteiger partial charge in [0.1, 0.15) is 17.8 Å². The van der Waals surface area contributed by atoms with Crippen molar-refractivity contribution in [2.24, 2.45) is 5.41 Å². The second-order valence-corrected chi connectivity index (χ2v) is 6.32. The van der Waals surface area contributed by atoms with Crippen molar-refractivity contribution < 1.29 is 14.4 Å². The normalized spacial score (nSPS) is 27.4. The average Bonchev–Trinajstić information content (AvgIpc) is 2.81. The van der Waals surface area contributed by atoms with Crippen LogP contribution in [0.25, 0.3) is 0 Å². The van der Waals surface area contributed by atoms with Crippen molar-refractivity contribution in [1.82, 2.24) is 10.4 Å². The Bertz CT molecular complexity index is 545. The van der Waals surface area contributed by atoms with Crippen LogP contribution in [0.2, 0.25) is 5.02 Å². The minimum atomic E-state index is -0.564. The van der Waals surface area contributed by atoms with Gasteiger partial charge in [0.15, 0.2) is 0 Å². The van der Waals surface area contributed by atoms with Gasteiger partial charge in [-0.15, -0.1) is 0 Å². The van der Waals surface area contributed by atoms with Crippen LogP contribution in [0.3, 0.4) is 0 Å². The van der Waals surface area contributed by atoms with Crippen molar-refractivity contribution in [2.45, 2.75) is 38.6 Å². The second-order valence-electron chi connectivity index (χ2n) is 5.88. The summed E-state index contributed by atoms with van der Waals surface area (Å²) in [7, 11) is 1.86. The highest BCUT2D eigenvalue weighted by Gasteiger charge is 2.56. The average molecular weight is 325 g/mol. The zero-order valence-electron chi connectivity index (χ0n) is 12.8. The van der Waals surface area contributed by atoms with Crippen LogP contribution in [-0.4, -0.2) is 30.9 Å². The molecule has 2 unspecified atom stereocenters. The Kier molecular flexibility index (Phi) is 4.41. The van der Waals surface area contributed by atoms with Gasteiger partial charge in [0.2, 0.25) is 0 Å². The van der Waals surface area contributed by atoms with Crippen molar-refractivity contribution in [3.63, 3.8) is 0 Å². The fraction of sp³-hybridized carbons (Fsp3) is 0.562. The third-order valence-electron chi connectivity index (χ3n) is 4.56. The SMILES string of the molecule is CCOC(=O)C1(C2NC(c3ccc(Cl)cc3)N(C)O2)CCC1. The molecule has 1 aromatic carbocycles. The Morgan fingerprint density at radius 1 is 1.45 bits per heavy atom. The van der Waals surface area contributed by atoms with Crippen molar-refractivity contribution >= 4 is 17.6 Å². The Hall–Kier alpha value is -1.14. The Labute approximate surface area is 135 Å². The van der Waals surface area contributed by atoms with E-state index >= 15 is 0 Å². The van der Waals surface area contributed by atoms with Crippen molar-refractivity contribution in [1.29, 1.82) is 0 Å². The van der Waals surface area contributed by atoms with Crippen LogP contribution in [-0.2, 0) is 14.4 Å². The van der Waals surface area contributed by atoms with Crippen LogP contribution < -0.4 is 5.32 Å². The van der Waals surface area contributed by atoms with Gasteiger partial charge in [0.05, 0.1) is 6.61 Å². The molecule has 5 nitrogen and oxygen atoms in total. The van der Waals surface area contributed by atoms with E-state index in [9.17, 15) is 4.79 Å². The summed E-state index contributed by atoms with van der Waals surface area (Å²) < 4.78 is 5.26. The molecular formula is C16H21ClN2O3. The Balaban J connectivity index is 1.77. The number of esters is 1. The topological polar surface area (TPSA) is 50.8 Å². The lowest BCUT2D eigenvalue weighted by Gasteiger charge is -2.42. The van der Waals surface area contributed by atoms with Gasteiger partial charge in [-0.3, -0.25) is 14.9 Å². The molecule has 2 atom stereocenters. The maximum atomic E-state index is 12.4. The van der Waals surface area contributed by atoms with Gasteiger partial charge in [-0.2, -0.15) is 5.06 Å². The van der Waals surface area contributed by atoms with Crippen molar-refractivity contribution in [3.8, 4) is 0 Å². The summed E-state index contributed by atoms with van der Waals surface area (Å²) in [5, 5.41) is 5.87. The van der Waals surface area contributed by atoms with E-state index in [4.69, 9.17) is 21.2 Å². The molecule has 1 saturated heterocycles. The standard InChI is InChI=1S/C16H21ClN2O3/c1-3-21-15(20)16(9-4-10-16)14-18-13(19(2)22-14)11-5-7-12(17)8-6-11/h5-8,13-14,18H,3-4,9-10H2,1-2H3. The molecule has 0 bridgehead atoms. The number of hydrogen-bond donors (Lipinski definition) is 1. The summed E-state index contributed by atoms with van der Waals surface area (Å²) >= 11 is 5.94. The van der Waals surface area contributed by atoms with Crippen molar-refractivity contribution in [2.75, 3.05) is 13.7 Å². The summed E-state index contributed by atoms with van der Waals surface area (Å²) in [4.78, 5) is 18.3. The number of rotatable bonds is 4. The van der Waals surface area contributed by atoms with Gasteiger partial charge < -0.3 is 4.74 Å². The van der Waals surface area contributed by atoms with Crippen LogP contribution in [0.1, 0.15) is 37.9 Å². The molecule has 0 spiro atoms. The van der Waals surface area contributed by atoms with Gasteiger partial charge >= 0.3 is 5.97 Å². The molecule has 2 aliphatic rings. The van der Waals surface area contributed by atoms with E-state index in [0.29, 0.717) is 11.6 Å².